The molecule has 0 unspecified atom stereocenters. The molecule has 0 bridgehead atoms. The first-order chi connectivity index (χ1) is 12.2. The lowest BCUT2D eigenvalue weighted by molar-refractivity contribution is -0.136. The summed E-state index contributed by atoms with van der Waals surface area (Å²) in [5.41, 5.74) is 2.09. The first kappa shape index (κ1) is 27.4. The third kappa shape index (κ3) is 15.4. The molecule has 3 heteroatoms. The summed E-state index contributed by atoms with van der Waals surface area (Å²) >= 11 is 0. The molecule has 156 valence electrons. The largest absolute Gasteiger partial charge is 0.466 e. The second-order valence-electron chi connectivity index (χ2n) is 7.45. The van der Waals surface area contributed by atoms with Gasteiger partial charge < -0.3 is 10.9 Å². The van der Waals surface area contributed by atoms with Gasteiger partial charge in [0.25, 0.3) is 0 Å². The van der Waals surface area contributed by atoms with Gasteiger partial charge in [-0.05, 0) is 26.2 Å². The van der Waals surface area contributed by atoms with E-state index in [-0.39, 0.29) is 12.1 Å². The van der Waals surface area contributed by atoms with E-state index in [1.54, 1.807) is 0 Å². The molecule has 0 saturated heterocycles. The maximum absolute atomic E-state index is 11.7. The molecule has 0 aromatic heterocycles. The number of esters is 1. The van der Waals surface area contributed by atoms with Gasteiger partial charge in [-0.15, -0.1) is 0 Å². The van der Waals surface area contributed by atoms with Crippen molar-refractivity contribution in [1.82, 2.24) is 6.15 Å². The molecule has 0 amide bonds. The van der Waals surface area contributed by atoms with Crippen LogP contribution in [0.4, 0.5) is 0 Å². The Labute approximate surface area is 163 Å². The average molecular weight is 370 g/mol. The van der Waals surface area contributed by atoms with E-state index in [2.05, 4.69) is 13.8 Å². The molecule has 0 aliphatic carbocycles. The fourth-order valence-corrected chi connectivity index (χ4v) is 3.48. The predicted molar refractivity (Wildman–Crippen MR) is 115 cm³/mol. The number of rotatable bonds is 17. The highest BCUT2D eigenvalue weighted by molar-refractivity contribution is 5.89. The van der Waals surface area contributed by atoms with E-state index in [1.165, 1.54) is 103 Å². The van der Waals surface area contributed by atoms with Gasteiger partial charge in [-0.25, -0.2) is 4.79 Å². The summed E-state index contributed by atoms with van der Waals surface area (Å²) < 4.78 is 4.85. The number of unbranched alkanes of at least 4 members (excludes halogenated alkanes) is 13. The van der Waals surface area contributed by atoms with Gasteiger partial charge in [0.1, 0.15) is 0 Å². The van der Waals surface area contributed by atoms with Gasteiger partial charge in [0.2, 0.25) is 0 Å². The minimum atomic E-state index is -0.148. The molecule has 0 aromatic rings. The van der Waals surface area contributed by atoms with Crippen molar-refractivity contribution in [3.8, 4) is 0 Å². The van der Waals surface area contributed by atoms with Gasteiger partial charge in [-0.1, -0.05) is 103 Å². The number of carbonyl (C=O) groups excluding carboxylic acids is 1. The summed E-state index contributed by atoms with van der Waals surface area (Å²) in [6.45, 7) is 6.39. The summed E-state index contributed by atoms with van der Waals surface area (Å²) in [4.78, 5) is 11.7. The Morgan fingerprint density at radius 1 is 0.692 bits per heavy atom. The average Bonchev–Trinajstić information content (AvgIpc) is 2.62. The quantitative estimate of drug-likeness (QED) is 0.161. The van der Waals surface area contributed by atoms with Crippen LogP contribution >= 0.6 is 0 Å². The van der Waals surface area contributed by atoms with Crippen LogP contribution in [0.15, 0.2) is 11.1 Å². The lowest BCUT2D eigenvalue weighted by Gasteiger charge is -2.08. The van der Waals surface area contributed by atoms with Gasteiger partial charge in [0.05, 0.1) is 7.11 Å². The number of ether oxygens (including phenoxy) is 1. The molecule has 3 N–H and O–H groups in total. The van der Waals surface area contributed by atoms with E-state index in [4.69, 9.17) is 4.74 Å². The highest BCUT2D eigenvalue weighted by Gasteiger charge is 2.10. The SMILES string of the molecule is CCCCCCCCCCCCCCCCC(C)=C(CC)C(=O)OC.N. The maximum atomic E-state index is 11.7. The number of hydrogen-bond donors (Lipinski definition) is 1. The minimum Gasteiger partial charge on any atom is -0.466 e. The fourth-order valence-electron chi connectivity index (χ4n) is 3.48. The molecule has 0 rings (SSSR count). The Kier molecular flexibility index (Phi) is 21.6. The van der Waals surface area contributed by atoms with Gasteiger partial charge in [0, 0.05) is 5.57 Å². The zero-order chi connectivity index (χ0) is 18.8. The summed E-state index contributed by atoms with van der Waals surface area (Å²) in [6, 6.07) is 0. The number of allylic oxidation sites excluding steroid dienone is 1. The molecule has 26 heavy (non-hydrogen) atoms. The molecule has 0 atom stereocenters. The van der Waals surface area contributed by atoms with Crippen molar-refractivity contribution >= 4 is 5.97 Å². The van der Waals surface area contributed by atoms with E-state index in [9.17, 15) is 4.79 Å². The molecule has 0 heterocycles. The van der Waals surface area contributed by atoms with Crippen LogP contribution in [0.25, 0.3) is 0 Å². The van der Waals surface area contributed by atoms with Crippen LogP contribution < -0.4 is 6.15 Å². The lowest BCUT2D eigenvalue weighted by Crippen LogP contribution is -2.06. The minimum absolute atomic E-state index is 0. The second kappa shape index (κ2) is 20.5. The third-order valence-corrected chi connectivity index (χ3v) is 5.21. The van der Waals surface area contributed by atoms with Crippen molar-refractivity contribution in [2.24, 2.45) is 0 Å². The molecule has 0 aromatic carbocycles. The van der Waals surface area contributed by atoms with E-state index < -0.39 is 0 Å². The van der Waals surface area contributed by atoms with Gasteiger partial charge in [-0.2, -0.15) is 0 Å². The van der Waals surface area contributed by atoms with Crippen molar-refractivity contribution in [3.63, 3.8) is 0 Å². The predicted octanol–water partition coefficient (Wildman–Crippen LogP) is 7.92. The highest BCUT2D eigenvalue weighted by atomic mass is 16.5. The summed E-state index contributed by atoms with van der Waals surface area (Å²) in [6.07, 6.45) is 21.2. The van der Waals surface area contributed by atoms with Crippen LogP contribution in [-0.4, -0.2) is 13.1 Å². The molecular formula is C23H47NO2. The van der Waals surface area contributed by atoms with E-state index in [0.29, 0.717) is 0 Å². The summed E-state index contributed by atoms with van der Waals surface area (Å²) in [7, 11) is 1.47. The Hall–Kier alpha value is -0.830. The normalized spacial score (nSPS) is 11.7. The standard InChI is InChI=1S/C23H44O2.H3N/c1-5-7-8-9-10-11-12-13-14-15-16-17-18-19-20-21(3)22(6-2)23(24)25-4;/h5-20H2,1-4H3;1H3. The van der Waals surface area contributed by atoms with Gasteiger partial charge >= 0.3 is 5.97 Å². The first-order valence-corrected chi connectivity index (χ1v) is 10.9. The monoisotopic (exact) mass is 369 g/mol. The molecule has 0 radical (unpaired) electrons. The Balaban J connectivity index is 0. The molecule has 0 aliphatic rings. The van der Waals surface area contributed by atoms with Crippen LogP contribution in [0, 0.1) is 0 Å². The second-order valence-corrected chi connectivity index (χ2v) is 7.45. The zero-order valence-electron chi connectivity index (χ0n) is 18.3. The first-order valence-electron chi connectivity index (χ1n) is 10.9. The van der Waals surface area contributed by atoms with Crippen molar-refractivity contribution in [1.29, 1.82) is 0 Å². The maximum Gasteiger partial charge on any atom is 0.333 e. The smallest absolute Gasteiger partial charge is 0.333 e. The van der Waals surface area contributed by atoms with Crippen molar-refractivity contribution in [3.05, 3.63) is 11.1 Å². The molecular weight excluding hydrogens is 322 g/mol. The summed E-state index contributed by atoms with van der Waals surface area (Å²) in [5.74, 6) is -0.148. The molecule has 3 nitrogen and oxygen atoms in total. The number of carbonyl (C=O) groups is 1. The molecule has 0 spiro atoms. The van der Waals surface area contributed by atoms with E-state index in [0.717, 1.165) is 18.4 Å². The lowest BCUT2D eigenvalue weighted by atomic mass is 10.00. The van der Waals surface area contributed by atoms with Crippen LogP contribution in [-0.2, 0) is 9.53 Å². The Morgan fingerprint density at radius 2 is 1.08 bits per heavy atom. The Bertz CT molecular complexity index is 350. The van der Waals surface area contributed by atoms with Crippen LogP contribution in [0.1, 0.15) is 124 Å². The highest BCUT2D eigenvalue weighted by Crippen LogP contribution is 2.18. The van der Waals surface area contributed by atoms with E-state index in [1.807, 2.05) is 6.92 Å². The Morgan fingerprint density at radius 3 is 1.42 bits per heavy atom. The third-order valence-electron chi connectivity index (χ3n) is 5.21. The molecule has 0 fully saturated rings. The fraction of sp³-hybridized carbons (Fsp3) is 0.870. The van der Waals surface area contributed by atoms with Crippen molar-refractivity contribution in [2.75, 3.05) is 7.11 Å². The van der Waals surface area contributed by atoms with Crippen LogP contribution in [0.5, 0.6) is 0 Å². The molecule has 0 saturated carbocycles. The van der Waals surface area contributed by atoms with Crippen LogP contribution in [0.3, 0.4) is 0 Å². The number of hydrogen-bond acceptors (Lipinski definition) is 3. The van der Waals surface area contributed by atoms with Crippen LogP contribution in [0.2, 0.25) is 0 Å². The number of methoxy groups -OCH3 is 1. The van der Waals surface area contributed by atoms with Gasteiger partial charge in [0.15, 0.2) is 0 Å². The van der Waals surface area contributed by atoms with Crippen molar-refractivity contribution < 1.29 is 9.53 Å². The molecule has 0 aliphatic heterocycles. The van der Waals surface area contributed by atoms with Crippen molar-refractivity contribution in [2.45, 2.75) is 124 Å². The van der Waals surface area contributed by atoms with Gasteiger partial charge in [-0.3, -0.25) is 0 Å². The van der Waals surface area contributed by atoms with E-state index >= 15 is 0 Å². The zero-order valence-corrected chi connectivity index (χ0v) is 18.3. The summed E-state index contributed by atoms with van der Waals surface area (Å²) in [5, 5.41) is 0. The topological polar surface area (TPSA) is 61.3 Å².